The van der Waals surface area contributed by atoms with E-state index in [1.54, 1.807) is 13.3 Å². The van der Waals surface area contributed by atoms with E-state index in [1.165, 1.54) is 0 Å². The highest BCUT2D eigenvalue weighted by molar-refractivity contribution is 6.06. The Bertz CT molecular complexity index is 1860. The minimum Gasteiger partial charge on any atom is -0.491 e. The zero-order valence-corrected chi connectivity index (χ0v) is 24.9. The zero-order valence-electron chi connectivity index (χ0n) is 24.9. The number of esters is 1. The summed E-state index contributed by atoms with van der Waals surface area (Å²) in [5, 5.41) is 11.9. The van der Waals surface area contributed by atoms with E-state index in [2.05, 4.69) is 16.7 Å². The molecule has 1 atom stereocenters. The van der Waals surface area contributed by atoms with E-state index in [0.717, 1.165) is 44.7 Å². The third kappa shape index (κ3) is 6.00. The van der Waals surface area contributed by atoms with Gasteiger partial charge in [-0.25, -0.2) is 9.78 Å². The number of nitrogens with zero attached hydrogens (tertiary/aromatic N) is 3. The maximum absolute atomic E-state index is 13.1. The summed E-state index contributed by atoms with van der Waals surface area (Å²) in [7, 11) is 0. The largest absolute Gasteiger partial charge is 0.491 e. The normalized spacial score (nSPS) is 11.9. The van der Waals surface area contributed by atoms with Crippen LogP contribution in [-0.4, -0.2) is 44.5 Å². The number of rotatable bonds is 11. The van der Waals surface area contributed by atoms with Crippen LogP contribution in [-0.2, 0) is 17.8 Å². The summed E-state index contributed by atoms with van der Waals surface area (Å²) < 4.78 is 15.6. The first kappa shape index (κ1) is 29.0. The molecule has 0 radical (unpaired) electrons. The molecule has 0 aliphatic carbocycles. The number of hydrogen-bond donors (Lipinski definition) is 1. The Morgan fingerprint density at radius 3 is 2.23 bits per heavy atom. The van der Waals surface area contributed by atoms with Gasteiger partial charge in [0.15, 0.2) is 0 Å². The van der Waals surface area contributed by atoms with Crippen molar-refractivity contribution < 1.29 is 19.4 Å². The first-order chi connectivity index (χ1) is 21.5. The summed E-state index contributed by atoms with van der Waals surface area (Å²) >= 11 is 0. The minimum atomic E-state index is -0.806. The SMILES string of the molecule is CCOC(=O)c1c(C)n(Cc2ccccc2)c2ccc(OC[C@@H](O)Cn3cnc(-c4ccccc4)c3-c3ccccc3)cc12. The third-order valence-corrected chi connectivity index (χ3v) is 7.74. The quantitative estimate of drug-likeness (QED) is 0.164. The van der Waals surface area contributed by atoms with Crippen LogP contribution in [0.15, 0.2) is 116 Å². The Hall–Kier alpha value is -5.14. The number of imidazole rings is 1. The van der Waals surface area contributed by atoms with Crippen molar-refractivity contribution in [3.8, 4) is 28.3 Å². The van der Waals surface area contributed by atoms with Crippen LogP contribution in [0.1, 0.15) is 28.5 Å². The van der Waals surface area contributed by atoms with Gasteiger partial charge in [-0.3, -0.25) is 0 Å². The van der Waals surface area contributed by atoms with Gasteiger partial charge in [0.2, 0.25) is 0 Å². The standard InChI is InChI=1S/C37H35N3O4/c1-3-43-37(42)34-26(2)40(22-27-13-7-4-8-14-27)33-20-19-31(21-32(33)34)44-24-30(41)23-39-25-38-35(28-15-9-5-10-16-28)36(39)29-17-11-6-12-18-29/h4-21,25,30,41H,3,22-24H2,1-2H3/t30-/m0/s1. The number of aliphatic hydroxyl groups excluding tert-OH is 1. The number of hydrogen-bond acceptors (Lipinski definition) is 5. The second kappa shape index (κ2) is 13.0. The maximum atomic E-state index is 13.1. The van der Waals surface area contributed by atoms with Crippen molar-refractivity contribution >= 4 is 16.9 Å². The lowest BCUT2D eigenvalue weighted by molar-refractivity contribution is 0.0527. The van der Waals surface area contributed by atoms with Gasteiger partial charge in [0.05, 0.1) is 36.4 Å². The Morgan fingerprint density at radius 2 is 1.55 bits per heavy atom. The van der Waals surface area contributed by atoms with E-state index in [4.69, 9.17) is 14.5 Å². The number of aliphatic hydroxyl groups is 1. The molecule has 0 bridgehead atoms. The summed E-state index contributed by atoms with van der Waals surface area (Å²) in [5.74, 6) is 0.208. The summed E-state index contributed by atoms with van der Waals surface area (Å²) in [6, 6.07) is 36.0. The molecule has 7 heteroatoms. The number of aromatic nitrogens is 3. The highest BCUT2D eigenvalue weighted by atomic mass is 16.5. The molecule has 0 saturated heterocycles. The van der Waals surface area contributed by atoms with E-state index in [9.17, 15) is 9.90 Å². The van der Waals surface area contributed by atoms with Gasteiger partial charge in [-0.1, -0.05) is 91.0 Å². The first-order valence-corrected chi connectivity index (χ1v) is 14.8. The van der Waals surface area contributed by atoms with Crippen LogP contribution in [0.3, 0.4) is 0 Å². The highest BCUT2D eigenvalue weighted by Gasteiger charge is 2.22. The number of fused-ring (bicyclic) bond motifs is 1. The molecule has 0 unspecified atom stereocenters. The van der Waals surface area contributed by atoms with E-state index in [1.807, 2.05) is 109 Å². The molecule has 6 rings (SSSR count). The van der Waals surface area contributed by atoms with Crippen LogP contribution in [0, 0.1) is 6.92 Å². The molecule has 6 aromatic rings. The van der Waals surface area contributed by atoms with Crippen LogP contribution in [0.2, 0.25) is 0 Å². The Kier molecular flexibility index (Phi) is 8.57. The van der Waals surface area contributed by atoms with Crippen molar-refractivity contribution in [1.82, 2.24) is 14.1 Å². The first-order valence-electron chi connectivity index (χ1n) is 14.8. The van der Waals surface area contributed by atoms with Crippen molar-refractivity contribution in [2.24, 2.45) is 0 Å². The van der Waals surface area contributed by atoms with Gasteiger partial charge >= 0.3 is 5.97 Å². The summed E-state index contributed by atoms with van der Waals surface area (Å²) in [6.45, 7) is 5.03. The molecular formula is C37H35N3O4. The van der Waals surface area contributed by atoms with E-state index in [-0.39, 0.29) is 19.2 Å². The van der Waals surface area contributed by atoms with E-state index in [0.29, 0.717) is 24.4 Å². The molecule has 0 fully saturated rings. The Balaban J connectivity index is 1.25. The van der Waals surface area contributed by atoms with Crippen LogP contribution in [0.25, 0.3) is 33.4 Å². The van der Waals surface area contributed by atoms with Crippen LogP contribution in [0.4, 0.5) is 0 Å². The predicted octanol–water partition coefficient (Wildman–Crippen LogP) is 7.15. The second-order valence-corrected chi connectivity index (χ2v) is 10.7. The average Bonchev–Trinajstić information content (AvgIpc) is 3.59. The topological polar surface area (TPSA) is 78.5 Å². The van der Waals surface area contributed by atoms with Gasteiger partial charge in [-0.15, -0.1) is 0 Å². The van der Waals surface area contributed by atoms with Gasteiger partial charge in [0.1, 0.15) is 18.5 Å². The lowest BCUT2D eigenvalue weighted by atomic mass is 10.0. The molecular weight excluding hydrogens is 550 g/mol. The highest BCUT2D eigenvalue weighted by Crippen LogP contribution is 2.33. The monoisotopic (exact) mass is 585 g/mol. The molecule has 7 nitrogen and oxygen atoms in total. The fraction of sp³-hybridized carbons (Fsp3) is 0.189. The molecule has 222 valence electrons. The molecule has 2 heterocycles. The van der Waals surface area contributed by atoms with Gasteiger partial charge < -0.3 is 23.7 Å². The van der Waals surface area contributed by atoms with Crippen molar-refractivity contribution in [3.05, 3.63) is 132 Å². The molecule has 0 aliphatic heterocycles. The fourth-order valence-electron chi connectivity index (χ4n) is 5.68. The van der Waals surface area contributed by atoms with Crippen molar-refractivity contribution in [2.45, 2.75) is 33.0 Å². The molecule has 1 N–H and O–H groups in total. The zero-order chi connectivity index (χ0) is 30.5. The van der Waals surface area contributed by atoms with Gasteiger partial charge in [-0.05, 0) is 37.6 Å². The lowest BCUT2D eigenvalue weighted by Crippen LogP contribution is -2.23. The van der Waals surface area contributed by atoms with Crippen molar-refractivity contribution in [1.29, 1.82) is 0 Å². The Labute approximate surface area is 257 Å². The lowest BCUT2D eigenvalue weighted by Gasteiger charge is -2.16. The molecule has 0 spiro atoms. The smallest absolute Gasteiger partial charge is 0.340 e. The molecule has 44 heavy (non-hydrogen) atoms. The third-order valence-electron chi connectivity index (χ3n) is 7.74. The van der Waals surface area contributed by atoms with Gasteiger partial charge in [0.25, 0.3) is 0 Å². The van der Waals surface area contributed by atoms with Crippen LogP contribution in [0.5, 0.6) is 5.75 Å². The van der Waals surface area contributed by atoms with Gasteiger partial charge in [-0.2, -0.15) is 0 Å². The summed E-state index contributed by atoms with van der Waals surface area (Å²) in [4.78, 5) is 17.8. The molecule has 0 aliphatic rings. The minimum absolute atomic E-state index is 0.0665. The average molecular weight is 586 g/mol. The van der Waals surface area contributed by atoms with Crippen molar-refractivity contribution in [2.75, 3.05) is 13.2 Å². The Morgan fingerprint density at radius 1 is 0.886 bits per heavy atom. The molecule has 2 aromatic heterocycles. The molecule has 0 amide bonds. The van der Waals surface area contributed by atoms with E-state index < -0.39 is 6.10 Å². The van der Waals surface area contributed by atoms with E-state index >= 15 is 0 Å². The second-order valence-electron chi connectivity index (χ2n) is 10.7. The predicted molar refractivity (Wildman–Crippen MR) is 173 cm³/mol. The molecule has 0 saturated carbocycles. The molecule has 4 aromatic carbocycles. The van der Waals surface area contributed by atoms with Crippen LogP contribution >= 0.6 is 0 Å². The fourth-order valence-corrected chi connectivity index (χ4v) is 5.68. The summed E-state index contributed by atoms with van der Waals surface area (Å²) in [6.07, 6.45) is 0.962. The van der Waals surface area contributed by atoms with Crippen LogP contribution < -0.4 is 4.74 Å². The summed E-state index contributed by atoms with van der Waals surface area (Å²) in [5.41, 5.74) is 7.24. The number of benzene rings is 4. The van der Waals surface area contributed by atoms with Crippen molar-refractivity contribution in [3.63, 3.8) is 0 Å². The maximum Gasteiger partial charge on any atom is 0.340 e. The van der Waals surface area contributed by atoms with Gasteiger partial charge in [0, 0.05) is 34.3 Å². The number of carbonyl (C=O) groups is 1. The number of carbonyl (C=O) groups excluding carboxylic acids is 1. The number of ether oxygens (including phenoxy) is 2.